The van der Waals surface area contributed by atoms with E-state index in [-0.39, 0.29) is 6.01 Å². The molecule has 0 aliphatic heterocycles. The van der Waals surface area contributed by atoms with E-state index in [0.29, 0.717) is 22.9 Å². The van der Waals surface area contributed by atoms with Crippen molar-refractivity contribution >= 4 is 6.01 Å². The van der Waals surface area contributed by atoms with E-state index in [1.54, 1.807) is 32.4 Å². The van der Waals surface area contributed by atoms with Crippen LogP contribution in [0.5, 0.6) is 11.5 Å². The predicted octanol–water partition coefficient (Wildman–Crippen LogP) is 1.34. The van der Waals surface area contributed by atoms with Crippen molar-refractivity contribution in [2.24, 2.45) is 0 Å². The number of hydrogen-bond donors (Lipinski definition) is 1. The summed E-state index contributed by atoms with van der Waals surface area (Å²) in [5.41, 5.74) is 6.03. The minimum Gasteiger partial charge on any atom is -0.497 e. The molecule has 0 unspecified atom stereocenters. The fourth-order valence-corrected chi connectivity index (χ4v) is 1.33. The van der Waals surface area contributed by atoms with Crippen LogP contribution in [0, 0.1) is 0 Å². The van der Waals surface area contributed by atoms with Crippen LogP contribution in [-0.4, -0.2) is 24.4 Å². The van der Waals surface area contributed by atoms with Crippen LogP contribution in [-0.2, 0) is 0 Å². The Morgan fingerprint density at radius 3 is 2.62 bits per heavy atom. The van der Waals surface area contributed by atoms with E-state index in [1.165, 1.54) is 0 Å². The van der Waals surface area contributed by atoms with Crippen LogP contribution >= 0.6 is 0 Å². The van der Waals surface area contributed by atoms with Crippen LogP contribution in [0.15, 0.2) is 22.7 Å². The van der Waals surface area contributed by atoms with Crippen molar-refractivity contribution in [1.29, 1.82) is 0 Å². The van der Waals surface area contributed by atoms with E-state index in [1.807, 2.05) is 0 Å². The van der Waals surface area contributed by atoms with Crippen molar-refractivity contribution in [3.8, 4) is 22.9 Å². The third kappa shape index (κ3) is 1.77. The average Bonchev–Trinajstić information content (AvgIpc) is 2.75. The van der Waals surface area contributed by atoms with Crippen LogP contribution in [0.1, 0.15) is 0 Å². The van der Waals surface area contributed by atoms with Gasteiger partial charge in [-0.1, -0.05) is 5.16 Å². The summed E-state index contributed by atoms with van der Waals surface area (Å²) in [7, 11) is 3.14. The highest BCUT2D eigenvalue weighted by molar-refractivity contribution is 5.66. The zero-order chi connectivity index (χ0) is 11.5. The number of rotatable bonds is 3. The number of benzene rings is 1. The molecule has 0 bridgehead atoms. The highest BCUT2D eigenvalue weighted by Gasteiger charge is 2.13. The molecule has 0 amide bonds. The van der Waals surface area contributed by atoms with E-state index in [2.05, 4.69) is 10.1 Å². The van der Waals surface area contributed by atoms with Crippen LogP contribution in [0.2, 0.25) is 0 Å². The maximum atomic E-state index is 5.37. The highest BCUT2D eigenvalue weighted by Crippen LogP contribution is 2.31. The summed E-state index contributed by atoms with van der Waals surface area (Å²) in [6.45, 7) is 0. The van der Waals surface area contributed by atoms with Gasteiger partial charge in [0.15, 0.2) is 0 Å². The number of nitrogen functional groups attached to an aromatic ring is 1. The van der Waals surface area contributed by atoms with Gasteiger partial charge in [0.2, 0.25) is 5.82 Å². The van der Waals surface area contributed by atoms with Crippen molar-refractivity contribution in [3.63, 3.8) is 0 Å². The molecule has 2 N–H and O–H groups in total. The molecule has 0 saturated carbocycles. The second-order valence-electron chi connectivity index (χ2n) is 3.02. The quantitative estimate of drug-likeness (QED) is 0.841. The fourth-order valence-electron chi connectivity index (χ4n) is 1.33. The van der Waals surface area contributed by atoms with Crippen molar-refractivity contribution < 1.29 is 14.0 Å². The third-order valence-electron chi connectivity index (χ3n) is 2.09. The molecule has 6 heteroatoms. The molecular weight excluding hydrogens is 210 g/mol. The summed E-state index contributed by atoms with van der Waals surface area (Å²) in [4.78, 5) is 3.93. The zero-order valence-corrected chi connectivity index (χ0v) is 8.93. The first-order valence-corrected chi connectivity index (χ1v) is 4.56. The van der Waals surface area contributed by atoms with Crippen LogP contribution in [0.3, 0.4) is 0 Å². The molecule has 1 aromatic heterocycles. The van der Waals surface area contributed by atoms with Crippen LogP contribution in [0.25, 0.3) is 11.4 Å². The van der Waals surface area contributed by atoms with Gasteiger partial charge in [-0.3, -0.25) is 0 Å². The molecule has 0 aliphatic rings. The smallest absolute Gasteiger partial charge is 0.319 e. The lowest BCUT2D eigenvalue weighted by atomic mass is 10.2. The van der Waals surface area contributed by atoms with E-state index < -0.39 is 0 Å². The monoisotopic (exact) mass is 221 g/mol. The van der Waals surface area contributed by atoms with Crippen LogP contribution < -0.4 is 15.2 Å². The molecule has 1 aromatic carbocycles. The van der Waals surface area contributed by atoms with Crippen LogP contribution in [0.4, 0.5) is 6.01 Å². The van der Waals surface area contributed by atoms with Gasteiger partial charge in [0, 0.05) is 0 Å². The van der Waals surface area contributed by atoms with Gasteiger partial charge in [-0.15, -0.1) is 0 Å². The average molecular weight is 221 g/mol. The summed E-state index contributed by atoms with van der Waals surface area (Å²) < 4.78 is 15.0. The zero-order valence-electron chi connectivity index (χ0n) is 8.93. The fraction of sp³-hybridized carbons (Fsp3) is 0.200. The van der Waals surface area contributed by atoms with Gasteiger partial charge in [0.05, 0.1) is 19.8 Å². The topological polar surface area (TPSA) is 83.4 Å². The Balaban J connectivity index is 2.52. The SMILES string of the molecule is COc1ccc(OC)c(-c2noc(N)n2)c1. The van der Waals surface area contributed by atoms with Gasteiger partial charge >= 0.3 is 6.01 Å². The minimum absolute atomic E-state index is 0.0138. The summed E-state index contributed by atoms with van der Waals surface area (Å²) >= 11 is 0. The second kappa shape index (κ2) is 4.09. The molecule has 2 rings (SSSR count). The van der Waals surface area contributed by atoms with Crippen molar-refractivity contribution in [1.82, 2.24) is 10.1 Å². The number of ether oxygens (including phenoxy) is 2. The van der Waals surface area contributed by atoms with Crippen molar-refractivity contribution in [2.75, 3.05) is 20.0 Å². The van der Waals surface area contributed by atoms with Gasteiger partial charge in [0.1, 0.15) is 11.5 Å². The molecule has 84 valence electrons. The molecule has 0 spiro atoms. The molecule has 0 fully saturated rings. The largest absolute Gasteiger partial charge is 0.497 e. The Bertz CT molecular complexity index is 496. The molecule has 0 saturated heterocycles. The van der Waals surface area contributed by atoms with Crippen molar-refractivity contribution in [2.45, 2.75) is 0 Å². The first-order valence-electron chi connectivity index (χ1n) is 4.56. The standard InChI is InChI=1S/C10H11N3O3/c1-14-6-3-4-8(15-2)7(5-6)9-12-10(11)16-13-9/h3-5H,1-2H3,(H2,11,12,13). The number of nitrogens with zero attached hydrogens (tertiary/aromatic N) is 2. The number of anilines is 1. The van der Waals surface area contributed by atoms with E-state index in [4.69, 9.17) is 19.7 Å². The maximum absolute atomic E-state index is 5.37. The highest BCUT2D eigenvalue weighted by atomic mass is 16.5. The summed E-state index contributed by atoms with van der Waals surface area (Å²) in [6, 6.07) is 5.31. The van der Waals surface area contributed by atoms with Gasteiger partial charge in [-0.2, -0.15) is 4.98 Å². The number of hydrogen-bond acceptors (Lipinski definition) is 6. The van der Waals surface area contributed by atoms with Gasteiger partial charge < -0.3 is 19.7 Å². The predicted molar refractivity (Wildman–Crippen MR) is 57.3 cm³/mol. The van der Waals surface area contributed by atoms with Crippen molar-refractivity contribution in [3.05, 3.63) is 18.2 Å². The summed E-state index contributed by atoms with van der Waals surface area (Å²) in [5, 5.41) is 3.72. The van der Waals surface area contributed by atoms with E-state index in [9.17, 15) is 0 Å². The molecule has 16 heavy (non-hydrogen) atoms. The lowest BCUT2D eigenvalue weighted by molar-refractivity contribution is 0.403. The summed E-state index contributed by atoms with van der Waals surface area (Å²) in [6.07, 6.45) is 0. The molecule has 0 atom stereocenters. The number of nitrogens with two attached hydrogens (primary N) is 1. The van der Waals surface area contributed by atoms with Gasteiger partial charge in [0.25, 0.3) is 0 Å². The molecule has 1 heterocycles. The lowest BCUT2D eigenvalue weighted by Gasteiger charge is -2.06. The minimum atomic E-state index is 0.0138. The molecule has 6 nitrogen and oxygen atoms in total. The molecular formula is C10H11N3O3. The molecule has 2 aromatic rings. The molecule has 0 radical (unpaired) electrons. The Morgan fingerprint density at radius 1 is 1.25 bits per heavy atom. The second-order valence-corrected chi connectivity index (χ2v) is 3.02. The van der Waals surface area contributed by atoms with E-state index in [0.717, 1.165) is 0 Å². The Morgan fingerprint density at radius 2 is 2.06 bits per heavy atom. The number of aromatic nitrogens is 2. The maximum Gasteiger partial charge on any atom is 0.319 e. The first kappa shape index (κ1) is 10.3. The lowest BCUT2D eigenvalue weighted by Crippen LogP contribution is -1.91. The van der Waals surface area contributed by atoms with Gasteiger partial charge in [-0.05, 0) is 18.2 Å². The Labute approximate surface area is 92.0 Å². The van der Waals surface area contributed by atoms with E-state index >= 15 is 0 Å². The Hall–Kier alpha value is -2.24. The Kier molecular flexibility index (Phi) is 2.63. The number of methoxy groups -OCH3 is 2. The summed E-state index contributed by atoms with van der Waals surface area (Å²) in [5.74, 6) is 1.68. The third-order valence-corrected chi connectivity index (χ3v) is 2.09. The first-order chi connectivity index (χ1) is 7.74. The van der Waals surface area contributed by atoms with Gasteiger partial charge in [-0.25, -0.2) is 0 Å². The normalized spacial score (nSPS) is 10.1. The molecule has 0 aliphatic carbocycles.